The van der Waals surface area contributed by atoms with E-state index < -0.39 is 0 Å². The fraction of sp³-hybridized carbons (Fsp3) is 0.409. The molecule has 2 aromatic carbocycles. The molecule has 1 N–H and O–H groups in total. The van der Waals surface area contributed by atoms with Crippen LogP contribution >= 0.6 is 0 Å². The molecule has 0 fully saturated rings. The van der Waals surface area contributed by atoms with Crippen LogP contribution in [-0.4, -0.2) is 23.4 Å². The lowest BCUT2D eigenvalue weighted by Gasteiger charge is -2.27. The minimum absolute atomic E-state index is 0.110. The Balaban J connectivity index is 1.97. The summed E-state index contributed by atoms with van der Waals surface area (Å²) >= 11 is 0. The van der Waals surface area contributed by atoms with E-state index in [0.29, 0.717) is 13.1 Å². The van der Waals surface area contributed by atoms with Gasteiger partial charge in [-0.05, 0) is 42.5 Å². The quantitative estimate of drug-likeness (QED) is 0.818. The van der Waals surface area contributed by atoms with Crippen LogP contribution < -0.4 is 5.32 Å². The van der Waals surface area contributed by atoms with Crippen molar-refractivity contribution in [2.24, 2.45) is 0 Å². The second-order valence-electron chi connectivity index (χ2n) is 7.78. The van der Waals surface area contributed by atoms with Crippen molar-refractivity contribution in [3.05, 3.63) is 65.7 Å². The highest BCUT2D eigenvalue weighted by atomic mass is 16.2. The molecule has 0 atom stereocenters. The topological polar surface area (TPSA) is 32.3 Å². The lowest BCUT2D eigenvalue weighted by molar-refractivity contribution is -0.131. The van der Waals surface area contributed by atoms with E-state index in [1.807, 2.05) is 35.2 Å². The van der Waals surface area contributed by atoms with Gasteiger partial charge in [-0.2, -0.15) is 0 Å². The van der Waals surface area contributed by atoms with Crippen LogP contribution in [0.2, 0.25) is 0 Å². The van der Waals surface area contributed by atoms with E-state index in [1.54, 1.807) is 0 Å². The molecule has 0 spiro atoms. The van der Waals surface area contributed by atoms with E-state index in [-0.39, 0.29) is 17.4 Å². The van der Waals surface area contributed by atoms with Gasteiger partial charge in [-0.3, -0.25) is 4.79 Å². The van der Waals surface area contributed by atoms with Crippen molar-refractivity contribution < 1.29 is 4.79 Å². The second kappa shape index (κ2) is 8.19. The molecule has 2 rings (SSSR count). The summed E-state index contributed by atoms with van der Waals surface area (Å²) in [6.07, 6.45) is 0. The minimum atomic E-state index is 0.110. The Morgan fingerprint density at radius 2 is 1.60 bits per heavy atom. The fourth-order valence-corrected chi connectivity index (χ4v) is 2.71. The molecule has 25 heavy (non-hydrogen) atoms. The smallest absolute Gasteiger partial charge is 0.242 e. The molecule has 0 aliphatic carbocycles. The van der Waals surface area contributed by atoms with E-state index >= 15 is 0 Å². The van der Waals surface area contributed by atoms with Gasteiger partial charge in [0, 0.05) is 18.3 Å². The first-order valence-corrected chi connectivity index (χ1v) is 8.95. The van der Waals surface area contributed by atoms with Crippen molar-refractivity contribution >= 4 is 11.6 Å². The highest BCUT2D eigenvalue weighted by Crippen LogP contribution is 2.23. The number of nitrogens with zero attached hydrogens (tertiary/aromatic N) is 1. The van der Waals surface area contributed by atoms with Crippen LogP contribution in [0.15, 0.2) is 54.6 Å². The summed E-state index contributed by atoms with van der Waals surface area (Å²) in [5, 5.41) is 3.25. The lowest BCUT2D eigenvalue weighted by atomic mass is 9.87. The molecule has 134 valence electrons. The van der Waals surface area contributed by atoms with Gasteiger partial charge >= 0.3 is 0 Å². The summed E-state index contributed by atoms with van der Waals surface area (Å²) in [5.74, 6) is 0.110. The monoisotopic (exact) mass is 338 g/mol. The van der Waals surface area contributed by atoms with E-state index in [1.165, 1.54) is 5.56 Å². The summed E-state index contributed by atoms with van der Waals surface area (Å²) in [5.41, 5.74) is 3.56. The third-order valence-corrected chi connectivity index (χ3v) is 4.33. The Kier molecular flexibility index (Phi) is 6.24. The van der Waals surface area contributed by atoms with Crippen LogP contribution in [-0.2, 0) is 16.8 Å². The van der Waals surface area contributed by atoms with Crippen LogP contribution in [0.25, 0.3) is 0 Å². The van der Waals surface area contributed by atoms with Gasteiger partial charge in [0.15, 0.2) is 0 Å². The molecule has 3 heteroatoms. The summed E-state index contributed by atoms with van der Waals surface area (Å²) in [7, 11) is 0. The van der Waals surface area contributed by atoms with Crippen molar-refractivity contribution in [1.29, 1.82) is 0 Å². The standard InChI is InChI=1S/C22H30N2O/c1-17(2)24(16-18-9-7-6-8-10-18)21(25)15-23-20-13-11-19(12-14-20)22(3,4)5/h6-14,17,23H,15-16H2,1-5H3. The molecule has 0 aliphatic heterocycles. The number of nitrogens with one attached hydrogen (secondary N) is 1. The SMILES string of the molecule is CC(C)N(Cc1ccccc1)C(=O)CNc1ccc(C(C)(C)C)cc1. The summed E-state index contributed by atoms with van der Waals surface area (Å²) in [6, 6.07) is 18.6. The van der Waals surface area contributed by atoms with Gasteiger partial charge in [-0.25, -0.2) is 0 Å². The summed E-state index contributed by atoms with van der Waals surface area (Å²) < 4.78 is 0. The van der Waals surface area contributed by atoms with Crippen LogP contribution in [0.5, 0.6) is 0 Å². The molecule has 0 aromatic heterocycles. The van der Waals surface area contributed by atoms with Gasteiger partial charge in [0.25, 0.3) is 0 Å². The number of carbonyl (C=O) groups is 1. The third-order valence-electron chi connectivity index (χ3n) is 4.33. The molecule has 0 saturated carbocycles. The average molecular weight is 338 g/mol. The fourth-order valence-electron chi connectivity index (χ4n) is 2.71. The highest BCUT2D eigenvalue weighted by molar-refractivity contribution is 5.81. The predicted octanol–water partition coefficient (Wildman–Crippen LogP) is 4.83. The molecule has 2 aromatic rings. The summed E-state index contributed by atoms with van der Waals surface area (Å²) in [6.45, 7) is 11.6. The molecule has 0 heterocycles. The Morgan fingerprint density at radius 1 is 1.00 bits per heavy atom. The molecule has 0 aliphatic rings. The number of carbonyl (C=O) groups excluding carboxylic acids is 1. The normalized spacial score (nSPS) is 11.4. The van der Waals surface area contributed by atoms with Gasteiger partial charge in [-0.1, -0.05) is 63.2 Å². The molecule has 0 radical (unpaired) electrons. The molecular formula is C22H30N2O. The predicted molar refractivity (Wildman–Crippen MR) is 106 cm³/mol. The Hall–Kier alpha value is -2.29. The van der Waals surface area contributed by atoms with Crippen LogP contribution in [0.1, 0.15) is 45.7 Å². The number of amides is 1. The minimum Gasteiger partial charge on any atom is -0.376 e. The first-order chi connectivity index (χ1) is 11.8. The zero-order valence-corrected chi connectivity index (χ0v) is 16.0. The molecule has 1 amide bonds. The van der Waals surface area contributed by atoms with Crippen molar-refractivity contribution in [2.45, 2.75) is 52.6 Å². The largest absolute Gasteiger partial charge is 0.376 e. The van der Waals surface area contributed by atoms with E-state index in [4.69, 9.17) is 0 Å². The molecule has 3 nitrogen and oxygen atoms in total. The maximum atomic E-state index is 12.7. The molecule has 0 bridgehead atoms. The van der Waals surface area contributed by atoms with Crippen LogP contribution in [0.4, 0.5) is 5.69 Å². The second-order valence-corrected chi connectivity index (χ2v) is 7.78. The van der Waals surface area contributed by atoms with Gasteiger partial charge in [0.2, 0.25) is 5.91 Å². The molecule has 0 saturated heterocycles. The third kappa shape index (κ3) is 5.63. The average Bonchev–Trinajstić information content (AvgIpc) is 2.58. The Labute approximate surface area is 152 Å². The number of hydrogen-bond acceptors (Lipinski definition) is 2. The van der Waals surface area contributed by atoms with E-state index in [0.717, 1.165) is 11.3 Å². The highest BCUT2D eigenvalue weighted by Gasteiger charge is 2.17. The van der Waals surface area contributed by atoms with Crippen LogP contribution in [0.3, 0.4) is 0 Å². The maximum absolute atomic E-state index is 12.7. The summed E-state index contributed by atoms with van der Waals surface area (Å²) in [4.78, 5) is 14.6. The number of rotatable bonds is 6. The van der Waals surface area contributed by atoms with Gasteiger partial charge in [-0.15, -0.1) is 0 Å². The number of hydrogen-bond donors (Lipinski definition) is 1. The Bertz CT molecular complexity index is 669. The Morgan fingerprint density at radius 3 is 2.12 bits per heavy atom. The van der Waals surface area contributed by atoms with Gasteiger partial charge in [0.1, 0.15) is 0 Å². The maximum Gasteiger partial charge on any atom is 0.242 e. The van der Waals surface area contributed by atoms with Crippen LogP contribution in [0, 0.1) is 0 Å². The number of benzene rings is 2. The zero-order chi connectivity index (χ0) is 18.4. The van der Waals surface area contributed by atoms with E-state index in [2.05, 4.69) is 64.2 Å². The van der Waals surface area contributed by atoms with Gasteiger partial charge in [0.05, 0.1) is 6.54 Å². The zero-order valence-electron chi connectivity index (χ0n) is 16.0. The number of anilines is 1. The van der Waals surface area contributed by atoms with Gasteiger partial charge < -0.3 is 10.2 Å². The van der Waals surface area contributed by atoms with E-state index in [9.17, 15) is 4.79 Å². The first-order valence-electron chi connectivity index (χ1n) is 8.95. The van der Waals surface area contributed by atoms with Crippen molar-refractivity contribution in [2.75, 3.05) is 11.9 Å². The van der Waals surface area contributed by atoms with Crippen molar-refractivity contribution in [3.63, 3.8) is 0 Å². The molecule has 0 unspecified atom stereocenters. The van der Waals surface area contributed by atoms with Crippen molar-refractivity contribution in [1.82, 2.24) is 4.90 Å². The lowest BCUT2D eigenvalue weighted by Crippen LogP contribution is -2.39. The first kappa shape index (κ1) is 19.0. The molecular weight excluding hydrogens is 308 g/mol. The van der Waals surface area contributed by atoms with Crippen molar-refractivity contribution in [3.8, 4) is 0 Å².